The molecule has 4 nitrogen and oxygen atoms in total. The average Bonchev–Trinajstić information content (AvgIpc) is 2.96. The monoisotopic (exact) mass is 323 g/mol. The van der Waals surface area contributed by atoms with Crippen LogP contribution >= 0.6 is 0 Å². The third kappa shape index (κ3) is 2.02. The molecule has 4 aliphatic carbocycles. The molecule has 0 amide bonds. The van der Waals surface area contributed by atoms with Gasteiger partial charge in [0, 0.05) is 18.0 Å². The molecule has 2 aromatic rings. The van der Waals surface area contributed by atoms with Gasteiger partial charge in [0.2, 0.25) is 0 Å². The van der Waals surface area contributed by atoms with E-state index in [0.717, 1.165) is 34.7 Å². The number of benzene rings is 1. The van der Waals surface area contributed by atoms with Crippen LogP contribution in [0.25, 0.3) is 11.4 Å². The number of hydrogen-bond acceptors (Lipinski definition) is 3. The molecule has 1 aromatic carbocycles. The molecule has 24 heavy (non-hydrogen) atoms. The smallest absolute Gasteiger partial charge is 0.164 e. The second-order valence-corrected chi connectivity index (χ2v) is 8.42. The topological polar surface area (TPSA) is 50.9 Å². The lowest BCUT2D eigenvalue weighted by atomic mass is 9.49. The summed E-state index contributed by atoms with van der Waals surface area (Å²) < 4.78 is 2.21. The Hall–Kier alpha value is -1.68. The normalized spacial score (nSPS) is 34.0. The summed E-state index contributed by atoms with van der Waals surface area (Å²) in [6.45, 7) is 0.0374. The number of aromatic nitrogens is 3. The Morgan fingerprint density at radius 2 is 1.67 bits per heavy atom. The number of hydrogen-bond donors (Lipinski definition) is 1. The molecule has 126 valence electrons. The molecule has 1 heterocycles. The van der Waals surface area contributed by atoms with Crippen molar-refractivity contribution in [3.05, 3.63) is 35.7 Å². The highest BCUT2D eigenvalue weighted by Crippen LogP contribution is 2.60. The predicted molar refractivity (Wildman–Crippen MR) is 92.2 cm³/mol. The van der Waals surface area contributed by atoms with Crippen LogP contribution in [0.15, 0.2) is 24.3 Å². The molecule has 4 aliphatic rings. The van der Waals surface area contributed by atoms with Crippen molar-refractivity contribution in [3.8, 4) is 11.4 Å². The third-order valence-electron chi connectivity index (χ3n) is 6.82. The molecule has 4 saturated carbocycles. The van der Waals surface area contributed by atoms with Crippen LogP contribution in [0.4, 0.5) is 0 Å². The van der Waals surface area contributed by atoms with Crippen LogP contribution in [0.2, 0.25) is 0 Å². The van der Waals surface area contributed by atoms with Gasteiger partial charge in [-0.3, -0.25) is 0 Å². The van der Waals surface area contributed by atoms with E-state index in [1.807, 2.05) is 24.3 Å². The van der Waals surface area contributed by atoms with Crippen molar-refractivity contribution in [3.63, 3.8) is 0 Å². The Bertz CT molecular complexity index is 744. The Morgan fingerprint density at radius 1 is 1.04 bits per heavy atom. The van der Waals surface area contributed by atoms with Crippen LogP contribution in [-0.2, 0) is 19.1 Å². The van der Waals surface area contributed by atoms with E-state index in [4.69, 9.17) is 0 Å². The zero-order valence-electron chi connectivity index (χ0n) is 14.3. The predicted octanol–water partition coefficient (Wildman–Crippen LogP) is 3.44. The Kier molecular flexibility index (Phi) is 3.15. The minimum atomic E-state index is 0.0374. The molecule has 6 rings (SSSR count). The summed E-state index contributed by atoms with van der Waals surface area (Å²) in [5.74, 6) is 4.79. The highest BCUT2D eigenvalue weighted by Gasteiger charge is 2.53. The first-order chi connectivity index (χ1) is 11.7. The number of aliphatic hydroxyl groups is 1. The van der Waals surface area contributed by atoms with Gasteiger partial charge in [0.05, 0.1) is 6.61 Å². The largest absolute Gasteiger partial charge is 0.392 e. The maximum absolute atomic E-state index is 9.65. The van der Waals surface area contributed by atoms with Crippen LogP contribution in [-0.4, -0.2) is 19.9 Å². The summed E-state index contributed by atoms with van der Waals surface area (Å²) in [6, 6.07) is 7.98. The molecular weight excluding hydrogens is 298 g/mol. The van der Waals surface area contributed by atoms with Gasteiger partial charge >= 0.3 is 0 Å². The van der Waals surface area contributed by atoms with Crippen LogP contribution in [0.5, 0.6) is 0 Å². The van der Waals surface area contributed by atoms with Crippen LogP contribution < -0.4 is 0 Å². The number of rotatable bonds is 3. The van der Waals surface area contributed by atoms with E-state index in [1.165, 1.54) is 44.3 Å². The minimum absolute atomic E-state index is 0.0374. The van der Waals surface area contributed by atoms with Gasteiger partial charge in [-0.15, -0.1) is 10.2 Å². The first-order valence-corrected chi connectivity index (χ1v) is 9.27. The van der Waals surface area contributed by atoms with Crippen molar-refractivity contribution < 1.29 is 5.11 Å². The third-order valence-corrected chi connectivity index (χ3v) is 6.82. The molecule has 0 unspecified atom stereocenters. The lowest BCUT2D eigenvalue weighted by Crippen LogP contribution is -2.49. The lowest BCUT2D eigenvalue weighted by Gasteiger charge is -2.56. The molecule has 0 aliphatic heterocycles. The van der Waals surface area contributed by atoms with Gasteiger partial charge in [-0.2, -0.15) is 0 Å². The van der Waals surface area contributed by atoms with E-state index in [1.54, 1.807) is 0 Å². The Morgan fingerprint density at radius 3 is 2.29 bits per heavy atom. The van der Waals surface area contributed by atoms with Gasteiger partial charge in [-0.05, 0) is 61.8 Å². The highest BCUT2D eigenvalue weighted by molar-refractivity contribution is 5.60. The van der Waals surface area contributed by atoms with Crippen molar-refractivity contribution in [1.29, 1.82) is 0 Å². The van der Waals surface area contributed by atoms with Crippen molar-refractivity contribution in [2.75, 3.05) is 0 Å². The second kappa shape index (κ2) is 5.16. The molecule has 4 bridgehead atoms. The van der Waals surface area contributed by atoms with Gasteiger partial charge in [-0.25, -0.2) is 0 Å². The molecule has 4 fully saturated rings. The zero-order chi connectivity index (χ0) is 16.3. The van der Waals surface area contributed by atoms with Crippen molar-refractivity contribution in [2.45, 2.75) is 50.5 Å². The first-order valence-electron chi connectivity index (χ1n) is 9.27. The molecule has 0 saturated heterocycles. The Balaban J connectivity index is 1.58. The van der Waals surface area contributed by atoms with Crippen molar-refractivity contribution in [2.24, 2.45) is 24.8 Å². The fraction of sp³-hybridized carbons (Fsp3) is 0.600. The SMILES string of the molecule is Cn1c(-c2ccccc2CO)nnc1C12CC3CC(CC(C3)C1)C2. The fourth-order valence-electron chi connectivity index (χ4n) is 6.29. The minimum Gasteiger partial charge on any atom is -0.392 e. The summed E-state index contributed by atoms with van der Waals surface area (Å²) in [4.78, 5) is 0. The number of aliphatic hydroxyl groups excluding tert-OH is 1. The van der Waals surface area contributed by atoms with E-state index >= 15 is 0 Å². The highest BCUT2D eigenvalue weighted by atomic mass is 16.3. The van der Waals surface area contributed by atoms with Crippen LogP contribution in [0.3, 0.4) is 0 Å². The summed E-state index contributed by atoms with van der Waals surface area (Å²) in [5.41, 5.74) is 2.18. The lowest BCUT2D eigenvalue weighted by molar-refractivity contribution is -0.0107. The summed E-state index contributed by atoms with van der Waals surface area (Å²) >= 11 is 0. The molecule has 0 spiro atoms. The first kappa shape index (κ1) is 14.6. The summed E-state index contributed by atoms with van der Waals surface area (Å²) in [6.07, 6.45) is 8.22. The molecular formula is C20H25N3O. The maximum Gasteiger partial charge on any atom is 0.164 e. The number of nitrogens with zero attached hydrogens (tertiary/aromatic N) is 3. The van der Waals surface area contributed by atoms with E-state index in [-0.39, 0.29) is 12.0 Å². The zero-order valence-corrected chi connectivity index (χ0v) is 14.3. The molecule has 0 radical (unpaired) electrons. The Labute approximate surface area is 142 Å². The fourth-order valence-corrected chi connectivity index (χ4v) is 6.29. The van der Waals surface area contributed by atoms with E-state index in [0.29, 0.717) is 0 Å². The van der Waals surface area contributed by atoms with E-state index in [9.17, 15) is 5.11 Å². The molecule has 0 atom stereocenters. The standard InChI is InChI=1S/C20H25N3O/c1-23-18(17-5-3-2-4-16(17)12-24)21-22-19(23)20-9-13-6-14(10-20)8-15(7-13)11-20/h2-5,13-15,24H,6-12H2,1H3. The molecule has 1 aromatic heterocycles. The summed E-state index contributed by atoms with van der Waals surface area (Å²) in [5, 5.41) is 18.9. The van der Waals surface area contributed by atoms with E-state index in [2.05, 4.69) is 21.8 Å². The quantitative estimate of drug-likeness (QED) is 0.941. The van der Waals surface area contributed by atoms with Crippen LogP contribution in [0, 0.1) is 17.8 Å². The van der Waals surface area contributed by atoms with Gasteiger partial charge < -0.3 is 9.67 Å². The van der Waals surface area contributed by atoms with Crippen molar-refractivity contribution in [1.82, 2.24) is 14.8 Å². The average molecular weight is 323 g/mol. The van der Waals surface area contributed by atoms with Crippen LogP contribution in [0.1, 0.15) is 49.9 Å². The second-order valence-electron chi connectivity index (χ2n) is 8.42. The van der Waals surface area contributed by atoms with Gasteiger partial charge in [-0.1, -0.05) is 24.3 Å². The van der Waals surface area contributed by atoms with Gasteiger partial charge in [0.25, 0.3) is 0 Å². The van der Waals surface area contributed by atoms with Gasteiger partial charge in [0.15, 0.2) is 5.82 Å². The van der Waals surface area contributed by atoms with Crippen molar-refractivity contribution >= 4 is 0 Å². The molecule has 4 heteroatoms. The van der Waals surface area contributed by atoms with Gasteiger partial charge in [0.1, 0.15) is 5.82 Å². The summed E-state index contributed by atoms with van der Waals surface area (Å²) in [7, 11) is 2.11. The maximum atomic E-state index is 9.65. The molecule has 1 N–H and O–H groups in total. The van der Waals surface area contributed by atoms with E-state index < -0.39 is 0 Å².